The van der Waals surface area contributed by atoms with Crippen LogP contribution >= 0.6 is 0 Å². The number of rotatable bonds is 14. The van der Waals surface area contributed by atoms with E-state index in [1.165, 1.54) is 11.6 Å². The second kappa shape index (κ2) is 15.1. The molecule has 0 heterocycles. The lowest BCUT2D eigenvalue weighted by Gasteiger charge is -2.19. The first-order valence-electron chi connectivity index (χ1n) is 12.0. The Morgan fingerprint density at radius 2 is 1.42 bits per heavy atom. The lowest BCUT2D eigenvalue weighted by molar-refractivity contribution is -0.137. The van der Waals surface area contributed by atoms with Gasteiger partial charge in [-0.05, 0) is 35.1 Å². The van der Waals surface area contributed by atoms with E-state index in [9.17, 15) is 9.59 Å². The highest BCUT2D eigenvalue weighted by Crippen LogP contribution is 2.09. The fourth-order valence-electron chi connectivity index (χ4n) is 3.49. The zero-order chi connectivity index (χ0) is 25.4. The molecule has 0 aliphatic heterocycles. The number of hydrogen-bond acceptors (Lipinski definition) is 5. The van der Waals surface area contributed by atoms with Gasteiger partial charge in [0.1, 0.15) is 6.61 Å². The summed E-state index contributed by atoms with van der Waals surface area (Å²) >= 11 is 0. The van der Waals surface area contributed by atoms with E-state index >= 15 is 0 Å². The summed E-state index contributed by atoms with van der Waals surface area (Å²) in [7, 11) is 0. The second-order valence-electron chi connectivity index (χ2n) is 8.26. The van der Waals surface area contributed by atoms with Crippen LogP contribution in [0.5, 0.6) is 0 Å². The summed E-state index contributed by atoms with van der Waals surface area (Å²) < 4.78 is 4.91. The minimum Gasteiger partial charge on any atom is -0.445 e. The van der Waals surface area contributed by atoms with Crippen LogP contribution in [-0.2, 0) is 40.5 Å². The number of hydrogen-bond donors (Lipinski definition) is 3. The van der Waals surface area contributed by atoms with Crippen LogP contribution < -0.4 is 16.1 Å². The van der Waals surface area contributed by atoms with E-state index < -0.39 is 12.1 Å². The quantitative estimate of drug-likeness (QED) is 0.231. The van der Waals surface area contributed by atoms with Crippen LogP contribution in [0.15, 0.2) is 97.6 Å². The standard InChI is InChI=1S/C29H33N3O4/c1-2-19-35-29(34)31-21-25-15-13-24(14-16-25)20-30-27(18-17-23-9-5-3-6-10-23)28(33)32-36-22-26-11-7-4-8-12-26/h2-16,27,30H,1,17-22H2,(H,31,34)(H,32,33)/t27-/m1/s1. The number of hydroxylamine groups is 1. The van der Waals surface area contributed by atoms with Gasteiger partial charge in [-0.15, -0.1) is 0 Å². The molecular formula is C29H33N3O4. The number of carbonyl (C=O) groups is 2. The molecule has 3 aromatic carbocycles. The first-order chi connectivity index (χ1) is 17.6. The van der Waals surface area contributed by atoms with Crippen molar-refractivity contribution in [1.82, 2.24) is 16.1 Å². The van der Waals surface area contributed by atoms with E-state index in [0.29, 0.717) is 26.1 Å². The van der Waals surface area contributed by atoms with Crippen molar-refractivity contribution < 1.29 is 19.2 Å². The average molecular weight is 488 g/mol. The Morgan fingerprint density at radius 1 is 0.806 bits per heavy atom. The normalized spacial score (nSPS) is 11.3. The first-order valence-corrected chi connectivity index (χ1v) is 12.0. The minimum atomic E-state index is -0.484. The highest BCUT2D eigenvalue weighted by Gasteiger charge is 2.18. The number of nitrogens with one attached hydrogen (secondary N) is 3. The third-order valence-corrected chi connectivity index (χ3v) is 5.48. The molecule has 0 aromatic heterocycles. The molecule has 3 rings (SSSR count). The second-order valence-corrected chi connectivity index (χ2v) is 8.26. The van der Waals surface area contributed by atoms with Crippen LogP contribution in [0.3, 0.4) is 0 Å². The maximum absolute atomic E-state index is 12.9. The molecule has 1 atom stereocenters. The molecule has 0 radical (unpaired) electrons. The molecule has 7 nitrogen and oxygen atoms in total. The SMILES string of the molecule is C=CCOC(=O)NCc1ccc(CN[C@H](CCc2ccccc2)C(=O)NOCc2ccccc2)cc1. The van der Waals surface area contributed by atoms with Crippen molar-refractivity contribution in [2.45, 2.75) is 38.6 Å². The van der Waals surface area contributed by atoms with Gasteiger partial charge >= 0.3 is 6.09 Å². The van der Waals surface area contributed by atoms with Gasteiger partial charge in [-0.3, -0.25) is 9.63 Å². The number of carbonyl (C=O) groups excluding carboxylic acids is 2. The van der Waals surface area contributed by atoms with Gasteiger partial charge < -0.3 is 15.4 Å². The van der Waals surface area contributed by atoms with E-state index in [2.05, 4.69) is 34.8 Å². The topological polar surface area (TPSA) is 88.7 Å². The van der Waals surface area contributed by atoms with Gasteiger partial charge in [-0.2, -0.15) is 0 Å². The van der Waals surface area contributed by atoms with Crippen LogP contribution in [0.1, 0.15) is 28.7 Å². The molecule has 0 aliphatic carbocycles. The monoisotopic (exact) mass is 487 g/mol. The molecule has 3 aromatic rings. The lowest BCUT2D eigenvalue weighted by Crippen LogP contribution is -2.44. The summed E-state index contributed by atoms with van der Waals surface area (Å²) in [5, 5.41) is 6.05. The molecule has 0 unspecified atom stereocenters. The highest BCUT2D eigenvalue weighted by atomic mass is 16.6. The fourth-order valence-corrected chi connectivity index (χ4v) is 3.49. The highest BCUT2D eigenvalue weighted by molar-refractivity contribution is 5.80. The molecule has 188 valence electrons. The van der Waals surface area contributed by atoms with E-state index in [-0.39, 0.29) is 12.5 Å². The molecule has 3 N–H and O–H groups in total. The maximum Gasteiger partial charge on any atom is 0.407 e. The summed E-state index contributed by atoms with van der Waals surface area (Å²) in [4.78, 5) is 29.9. The Morgan fingerprint density at radius 3 is 2.06 bits per heavy atom. The molecule has 0 fully saturated rings. The summed E-state index contributed by atoms with van der Waals surface area (Å²) in [5.41, 5.74) is 6.72. The van der Waals surface area contributed by atoms with Crippen molar-refractivity contribution in [3.8, 4) is 0 Å². The van der Waals surface area contributed by atoms with Crippen LogP contribution in [-0.4, -0.2) is 24.6 Å². The predicted molar refractivity (Wildman–Crippen MR) is 140 cm³/mol. The molecule has 0 saturated carbocycles. The Balaban J connectivity index is 1.51. The fraction of sp³-hybridized carbons (Fsp3) is 0.241. The summed E-state index contributed by atoms with van der Waals surface area (Å²) in [6.45, 7) is 4.87. The van der Waals surface area contributed by atoms with Crippen LogP contribution in [0, 0.1) is 0 Å². The number of ether oxygens (including phenoxy) is 1. The third kappa shape index (κ3) is 9.74. The summed E-state index contributed by atoms with van der Waals surface area (Å²) in [6, 6.07) is 27.2. The van der Waals surface area contributed by atoms with Gasteiger partial charge in [-0.1, -0.05) is 97.6 Å². The van der Waals surface area contributed by atoms with Crippen LogP contribution in [0.2, 0.25) is 0 Å². The van der Waals surface area contributed by atoms with Crippen molar-refractivity contribution in [3.63, 3.8) is 0 Å². The summed E-state index contributed by atoms with van der Waals surface area (Å²) in [5.74, 6) is -0.208. The lowest BCUT2D eigenvalue weighted by atomic mass is 10.0. The van der Waals surface area contributed by atoms with Crippen molar-refractivity contribution in [3.05, 3.63) is 120 Å². The molecule has 0 bridgehead atoms. The van der Waals surface area contributed by atoms with Gasteiger partial charge in [0.05, 0.1) is 12.6 Å². The van der Waals surface area contributed by atoms with E-state index in [4.69, 9.17) is 9.57 Å². The number of amides is 2. The van der Waals surface area contributed by atoms with Crippen LogP contribution in [0.25, 0.3) is 0 Å². The molecule has 0 spiro atoms. The smallest absolute Gasteiger partial charge is 0.407 e. The Hall–Kier alpha value is -3.94. The average Bonchev–Trinajstić information content (AvgIpc) is 2.92. The zero-order valence-electron chi connectivity index (χ0n) is 20.3. The third-order valence-electron chi connectivity index (χ3n) is 5.48. The van der Waals surface area contributed by atoms with Crippen LogP contribution in [0.4, 0.5) is 4.79 Å². The molecule has 0 saturated heterocycles. The van der Waals surface area contributed by atoms with E-state index in [1.807, 2.05) is 72.8 Å². The van der Waals surface area contributed by atoms with Gasteiger partial charge in [0.25, 0.3) is 5.91 Å². The van der Waals surface area contributed by atoms with Crippen molar-refractivity contribution in [2.75, 3.05) is 6.61 Å². The number of alkyl carbamates (subject to hydrolysis) is 1. The van der Waals surface area contributed by atoms with Crippen molar-refractivity contribution >= 4 is 12.0 Å². The number of aryl methyl sites for hydroxylation is 1. The van der Waals surface area contributed by atoms with Gasteiger partial charge in [0.15, 0.2) is 0 Å². The molecule has 7 heteroatoms. The Kier molecular flexibility index (Phi) is 11.2. The summed E-state index contributed by atoms with van der Waals surface area (Å²) in [6.07, 6.45) is 2.42. The van der Waals surface area contributed by atoms with Crippen molar-refractivity contribution in [1.29, 1.82) is 0 Å². The maximum atomic E-state index is 12.9. The largest absolute Gasteiger partial charge is 0.445 e. The van der Waals surface area contributed by atoms with E-state index in [1.54, 1.807) is 0 Å². The van der Waals surface area contributed by atoms with Gasteiger partial charge in [0, 0.05) is 13.1 Å². The number of benzene rings is 3. The van der Waals surface area contributed by atoms with Crippen molar-refractivity contribution in [2.24, 2.45) is 0 Å². The van der Waals surface area contributed by atoms with Gasteiger partial charge in [-0.25, -0.2) is 10.3 Å². The van der Waals surface area contributed by atoms with E-state index in [0.717, 1.165) is 23.1 Å². The zero-order valence-corrected chi connectivity index (χ0v) is 20.3. The Bertz CT molecular complexity index is 1070. The van der Waals surface area contributed by atoms with Gasteiger partial charge in [0.2, 0.25) is 0 Å². The molecule has 36 heavy (non-hydrogen) atoms. The molecular weight excluding hydrogens is 454 g/mol. The minimum absolute atomic E-state index is 0.173. The Labute approximate surface area is 212 Å². The predicted octanol–water partition coefficient (Wildman–Crippen LogP) is 4.44. The first kappa shape index (κ1) is 26.7. The molecule has 2 amide bonds. The molecule has 0 aliphatic rings.